The van der Waals surface area contributed by atoms with E-state index < -0.39 is 5.38 Å². The van der Waals surface area contributed by atoms with Crippen molar-refractivity contribution in [2.24, 2.45) is 0 Å². The lowest BCUT2D eigenvalue weighted by Crippen LogP contribution is -2.56. The number of amides is 1. The summed E-state index contributed by atoms with van der Waals surface area (Å²) in [5.74, 6) is 0.529. The van der Waals surface area contributed by atoms with Gasteiger partial charge in [-0.2, -0.15) is 0 Å². The Morgan fingerprint density at radius 1 is 1.00 bits per heavy atom. The van der Waals surface area contributed by atoms with Gasteiger partial charge in [0.05, 0.1) is 31.1 Å². The van der Waals surface area contributed by atoms with Crippen LogP contribution in [0.2, 0.25) is 5.02 Å². The van der Waals surface area contributed by atoms with Gasteiger partial charge in [-0.05, 0) is 48.0 Å². The summed E-state index contributed by atoms with van der Waals surface area (Å²) in [7, 11) is 1.61. The SMILES string of the molecule is COc1cccc(C2C(Cl)C(=O)N2c2nnc(CN3c4ccccc4Sc4ccc(Cl)cc43)s2)c1. The number of carbonyl (C=O) groups is 1. The maximum absolute atomic E-state index is 12.7. The van der Waals surface area contributed by atoms with E-state index in [0.29, 0.717) is 22.4 Å². The molecule has 0 N–H and O–H groups in total. The fourth-order valence-corrected chi connectivity index (χ4v) is 6.80. The fraction of sp³-hybridized carbons (Fsp3) is 0.160. The monoisotopic (exact) mass is 540 g/mol. The molecule has 0 radical (unpaired) electrons. The highest BCUT2D eigenvalue weighted by Crippen LogP contribution is 2.50. The van der Waals surface area contributed by atoms with Crippen LogP contribution in [0.3, 0.4) is 0 Å². The van der Waals surface area contributed by atoms with Gasteiger partial charge in [-0.15, -0.1) is 21.8 Å². The molecular formula is C25H18Cl2N4O2S2. The average Bonchev–Trinajstić information content (AvgIpc) is 3.34. The zero-order valence-corrected chi connectivity index (χ0v) is 21.5. The van der Waals surface area contributed by atoms with Gasteiger partial charge in [0.25, 0.3) is 0 Å². The van der Waals surface area contributed by atoms with Gasteiger partial charge in [0, 0.05) is 14.8 Å². The number of anilines is 3. The van der Waals surface area contributed by atoms with Crippen LogP contribution >= 0.6 is 46.3 Å². The molecule has 2 aliphatic rings. The van der Waals surface area contributed by atoms with Crippen LogP contribution in [0, 0.1) is 0 Å². The smallest absolute Gasteiger partial charge is 0.250 e. The zero-order valence-electron chi connectivity index (χ0n) is 18.4. The number of para-hydroxylation sites is 1. The van der Waals surface area contributed by atoms with Crippen molar-refractivity contribution in [2.45, 2.75) is 27.8 Å². The average molecular weight is 541 g/mol. The van der Waals surface area contributed by atoms with Crippen LogP contribution in [-0.2, 0) is 11.3 Å². The van der Waals surface area contributed by atoms with Crippen LogP contribution in [0.15, 0.2) is 76.5 Å². The molecule has 0 bridgehead atoms. The van der Waals surface area contributed by atoms with Crippen molar-refractivity contribution in [3.8, 4) is 5.75 Å². The van der Waals surface area contributed by atoms with Gasteiger partial charge in [0.2, 0.25) is 11.0 Å². The predicted molar refractivity (Wildman–Crippen MR) is 141 cm³/mol. The normalized spacial score (nSPS) is 18.7. The third kappa shape index (κ3) is 3.94. The number of β-lactam (4-membered cyclic amide) rings is 1. The Labute approximate surface area is 220 Å². The maximum Gasteiger partial charge on any atom is 0.250 e. The summed E-state index contributed by atoms with van der Waals surface area (Å²) in [5, 5.41) is 10.1. The molecule has 10 heteroatoms. The first-order valence-corrected chi connectivity index (χ1v) is 13.3. The molecule has 2 aliphatic heterocycles. The van der Waals surface area contributed by atoms with E-state index in [9.17, 15) is 4.79 Å². The Hall–Kier alpha value is -2.78. The van der Waals surface area contributed by atoms with Crippen molar-refractivity contribution in [3.05, 3.63) is 82.3 Å². The Morgan fingerprint density at radius 2 is 1.83 bits per heavy atom. The fourth-order valence-electron chi connectivity index (χ4n) is 4.32. The summed E-state index contributed by atoms with van der Waals surface area (Å²) in [6.45, 7) is 0.499. The van der Waals surface area contributed by atoms with E-state index in [4.69, 9.17) is 27.9 Å². The molecule has 3 heterocycles. The van der Waals surface area contributed by atoms with E-state index in [1.54, 1.807) is 23.8 Å². The minimum Gasteiger partial charge on any atom is -0.497 e. The number of halogens is 2. The molecule has 176 valence electrons. The van der Waals surface area contributed by atoms with Gasteiger partial charge >= 0.3 is 0 Å². The molecule has 4 aromatic rings. The molecule has 1 amide bonds. The second-order valence-corrected chi connectivity index (χ2v) is 11.1. The third-order valence-electron chi connectivity index (χ3n) is 6.01. The van der Waals surface area contributed by atoms with E-state index in [1.165, 1.54) is 11.3 Å². The number of ether oxygens (including phenoxy) is 1. The molecular weight excluding hydrogens is 523 g/mol. The van der Waals surface area contributed by atoms with Crippen LogP contribution in [0.25, 0.3) is 0 Å². The van der Waals surface area contributed by atoms with Crippen molar-refractivity contribution in [1.29, 1.82) is 0 Å². The minimum atomic E-state index is -0.658. The molecule has 2 atom stereocenters. The van der Waals surface area contributed by atoms with Crippen LogP contribution in [0.4, 0.5) is 16.5 Å². The summed E-state index contributed by atoms with van der Waals surface area (Å²) in [5.41, 5.74) is 3.00. The number of rotatable bonds is 5. The van der Waals surface area contributed by atoms with Crippen LogP contribution in [0.1, 0.15) is 16.6 Å². The molecule has 6 rings (SSSR count). The third-order valence-corrected chi connectivity index (χ3v) is 8.71. The Balaban J connectivity index is 1.32. The molecule has 1 fully saturated rings. The Kier molecular flexibility index (Phi) is 5.84. The highest BCUT2D eigenvalue weighted by Gasteiger charge is 2.49. The van der Waals surface area contributed by atoms with Crippen molar-refractivity contribution in [1.82, 2.24) is 10.2 Å². The first-order chi connectivity index (χ1) is 17.0. The van der Waals surface area contributed by atoms with Gasteiger partial charge in [0.15, 0.2) is 0 Å². The molecule has 0 saturated carbocycles. The molecule has 0 aliphatic carbocycles. The molecule has 2 unspecified atom stereocenters. The second kappa shape index (κ2) is 9.02. The number of benzene rings is 3. The minimum absolute atomic E-state index is 0.181. The second-order valence-electron chi connectivity index (χ2n) is 8.08. The van der Waals surface area contributed by atoms with E-state index >= 15 is 0 Å². The van der Waals surface area contributed by atoms with Gasteiger partial charge in [-0.25, -0.2) is 0 Å². The predicted octanol–water partition coefficient (Wildman–Crippen LogP) is 6.70. The summed E-state index contributed by atoms with van der Waals surface area (Å²) in [4.78, 5) is 18.8. The van der Waals surface area contributed by atoms with Crippen molar-refractivity contribution in [3.63, 3.8) is 0 Å². The number of carbonyl (C=O) groups excluding carboxylic acids is 1. The lowest BCUT2D eigenvalue weighted by atomic mass is 9.94. The molecule has 0 spiro atoms. The molecule has 3 aromatic carbocycles. The first kappa shape index (κ1) is 22.7. The quantitative estimate of drug-likeness (QED) is 0.207. The van der Waals surface area contributed by atoms with Crippen LogP contribution in [0.5, 0.6) is 5.75 Å². The van der Waals surface area contributed by atoms with Gasteiger partial charge in [0.1, 0.15) is 16.1 Å². The number of nitrogens with zero attached hydrogens (tertiary/aromatic N) is 4. The topological polar surface area (TPSA) is 58.6 Å². The lowest BCUT2D eigenvalue weighted by Gasteiger charge is -2.42. The van der Waals surface area contributed by atoms with Gasteiger partial charge < -0.3 is 9.64 Å². The van der Waals surface area contributed by atoms with E-state index in [-0.39, 0.29) is 11.9 Å². The molecule has 35 heavy (non-hydrogen) atoms. The standard InChI is InChI=1S/C25H18Cl2N4O2S2/c1-33-16-6-4-5-14(11-16)23-22(27)24(32)31(23)25-29-28-21(35-25)13-30-17-7-2-3-8-19(17)34-20-10-9-15(26)12-18(20)30/h2-12,22-23H,13H2,1H3. The zero-order chi connectivity index (χ0) is 24.1. The number of hydrogen-bond donors (Lipinski definition) is 0. The number of aromatic nitrogens is 2. The molecule has 1 saturated heterocycles. The van der Waals surface area contributed by atoms with Gasteiger partial charge in [-0.1, -0.05) is 59.0 Å². The highest BCUT2D eigenvalue weighted by atomic mass is 35.5. The largest absolute Gasteiger partial charge is 0.497 e. The first-order valence-electron chi connectivity index (χ1n) is 10.8. The molecule has 6 nitrogen and oxygen atoms in total. The van der Waals surface area contributed by atoms with Crippen molar-refractivity contribution in [2.75, 3.05) is 16.9 Å². The summed E-state index contributed by atoms with van der Waals surface area (Å²) in [6.07, 6.45) is 0. The number of hydrogen-bond acceptors (Lipinski definition) is 7. The van der Waals surface area contributed by atoms with Crippen molar-refractivity contribution < 1.29 is 9.53 Å². The Morgan fingerprint density at radius 3 is 2.69 bits per heavy atom. The number of methoxy groups -OCH3 is 1. The van der Waals surface area contributed by atoms with Gasteiger partial charge in [-0.3, -0.25) is 9.69 Å². The molecule has 1 aromatic heterocycles. The number of fused-ring (bicyclic) bond motifs is 2. The number of alkyl halides is 1. The summed E-state index contributed by atoms with van der Waals surface area (Å²) < 4.78 is 5.34. The van der Waals surface area contributed by atoms with Crippen LogP contribution < -0.4 is 14.5 Å². The maximum atomic E-state index is 12.7. The van der Waals surface area contributed by atoms with E-state index in [2.05, 4.69) is 27.2 Å². The van der Waals surface area contributed by atoms with Crippen LogP contribution in [-0.4, -0.2) is 28.6 Å². The van der Waals surface area contributed by atoms with E-state index in [1.807, 2.05) is 54.6 Å². The lowest BCUT2D eigenvalue weighted by molar-refractivity contribution is -0.123. The Bertz CT molecular complexity index is 1450. The van der Waals surface area contributed by atoms with Crippen molar-refractivity contribution >= 4 is 68.7 Å². The highest BCUT2D eigenvalue weighted by molar-refractivity contribution is 7.99. The summed E-state index contributed by atoms with van der Waals surface area (Å²) in [6, 6.07) is 21.4. The van der Waals surface area contributed by atoms with E-state index in [0.717, 1.165) is 31.7 Å². The summed E-state index contributed by atoms with van der Waals surface area (Å²) >= 11 is 15.9.